The number of benzene rings is 2. The van der Waals surface area contributed by atoms with Crippen LogP contribution in [0.3, 0.4) is 0 Å². The average molecular weight is 480 g/mol. The summed E-state index contributed by atoms with van der Waals surface area (Å²) in [6, 6.07) is 11.3. The fourth-order valence-corrected chi connectivity index (χ4v) is 4.86. The molecule has 0 aromatic heterocycles. The fraction of sp³-hybridized carbons (Fsp3) is 0.462. The van der Waals surface area contributed by atoms with E-state index in [9.17, 15) is 9.59 Å². The molecule has 3 aliphatic heterocycles. The molecule has 3 amide bonds. The van der Waals surface area contributed by atoms with Crippen LogP contribution in [0, 0.1) is 0 Å². The molecule has 2 fully saturated rings. The summed E-state index contributed by atoms with van der Waals surface area (Å²) in [5.74, 6) is 1.43. The minimum atomic E-state index is -0.574. The van der Waals surface area contributed by atoms with Crippen LogP contribution in [0.1, 0.15) is 18.4 Å². The number of piperazine rings is 1. The molecule has 0 bridgehead atoms. The molecule has 0 saturated carbocycles. The molecule has 3 aliphatic rings. The molecule has 2 aromatic carbocycles. The van der Waals surface area contributed by atoms with Crippen LogP contribution in [0.2, 0.25) is 0 Å². The van der Waals surface area contributed by atoms with Crippen molar-refractivity contribution in [2.75, 3.05) is 68.5 Å². The summed E-state index contributed by atoms with van der Waals surface area (Å²) in [4.78, 5) is 31.5. The molecule has 1 unspecified atom stereocenters. The lowest BCUT2D eigenvalue weighted by Gasteiger charge is -2.37. The first kappa shape index (κ1) is 23.3. The van der Waals surface area contributed by atoms with Gasteiger partial charge in [-0.25, -0.2) is 4.79 Å². The molecule has 186 valence electrons. The quantitative estimate of drug-likeness (QED) is 0.686. The van der Waals surface area contributed by atoms with Crippen molar-refractivity contribution in [2.45, 2.75) is 25.4 Å². The minimum Gasteiger partial charge on any atom is -0.497 e. The minimum absolute atomic E-state index is 0.0879. The summed E-state index contributed by atoms with van der Waals surface area (Å²) in [7, 11) is 3.81. The number of aryl methyl sites for hydroxylation is 1. The normalized spacial score (nSPS) is 20.5. The first-order valence-electron chi connectivity index (χ1n) is 12.3. The van der Waals surface area contributed by atoms with Crippen LogP contribution < -0.4 is 29.9 Å². The standard InChI is InChI=1S/C26H33N5O4/c1-29-12-14-30(15-13-29)22-17-21(34-2)16-18-4-9-23(35-24(18)22)25(32)28-19-5-7-20(8-6-19)31-11-3-10-27-26(31)33/h5-8,16-17,23H,3-4,9-15H2,1-2H3,(H,27,33)(H,28,32). The van der Waals surface area contributed by atoms with E-state index < -0.39 is 6.10 Å². The summed E-state index contributed by atoms with van der Waals surface area (Å²) in [5, 5.41) is 5.84. The van der Waals surface area contributed by atoms with E-state index in [0.29, 0.717) is 25.2 Å². The van der Waals surface area contributed by atoms with Gasteiger partial charge in [0.1, 0.15) is 11.5 Å². The SMILES string of the molecule is COc1cc2c(c(N3CCN(C)CC3)c1)OC(C(=O)Nc1ccc(N3CCCNC3=O)cc1)CC2. The molecule has 2 aromatic rings. The molecular weight excluding hydrogens is 446 g/mol. The number of anilines is 3. The van der Waals surface area contributed by atoms with E-state index in [1.54, 1.807) is 12.0 Å². The Bertz CT molecular complexity index is 1080. The highest BCUT2D eigenvalue weighted by molar-refractivity contribution is 5.96. The van der Waals surface area contributed by atoms with Crippen LogP contribution in [0.15, 0.2) is 36.4 Å². The fourth-order valence-electron chi connectivity index (χ4n) is 4.86. The van der Waals surface area contributed by atoms with Gasteiger partial charge in [-0.2, -0.15) is 0 Å². The first-order chi connectivity index (χ1) is 17.0. The molecule has 9 nitrogen and oxygen atoms in total. The van der Waals surface area contributed by atoms with Gasteiger partial charge in [-0.1, -0.05) is 0 Å². The Kier molecular flexibility index (Phi) is 6.68. The second kappa shape index (κ2) is 10.0. The van der Waals surface area contributed by atoms with Gasteiger partial charge in [-0.3, -0.25) is 9.69 Å². The van der Waals surface area contributed by atoms with Crippen LogP contribution in [0.5, 0.6) is 11.5 Å². The number of fused-ring (bicyclic) bond motifs is 1. The van der Waals surface area contributed by atoms with E-state index in [1.165, 1.54) is 0 Å². The molecule has 0 aliphatic carbocycles. The van der Waals surface area contributed by atoms with Gasteiger partial charge < -0.3 is 29.9 Å². The lowest BCUT2D eigenvalue weighted by molar-refractivity contribution is -0.123. The van der Waals surface area contributed by atoms with Crippen molar-refractivity contribution in [2.24, 2.45) is 0 Å². The van der Waals surface area contributed by atoms with E-state index in [2.05, 4.69) is 27.5 Å². The second-order valence-electron chi connectivity index (χ2n) is 9.34. The number of ether oxygens (including phenoxy) is 2. The maximum Gasteiger partial charge on any atom is 0.321 e. The molecule has 2 N–H and O–H groups in total. The molecule has 3 heterocycles. The highest BCUT2D eigenvalue weighted by Crippen LogP contribution is 2.41. The predicted molar refractivity (Wildman–Crippen MR) is 136 cm³/mol. The molecule has 1 atom stereocenters. The Balaban J connectivity index is 1.29. The Morgan fingerprint density at radius 2 is 1.89 bits per heavy atom. The number of rotatable bonds is 5. The van der Waals surface area contributed by atoms with Gasteiger partial charge in [-0.05, 0) is 56.6 Å². The summed E-state index contributed by atoms with van der Waals surface area (Å²) < 4.78 is 11.9. The number of nitrogens with zero attached hydrogens (tertiary/aromatic N) is 3. The monoisotopic (exact) mass is 479 g/mol. The smallest absolute Gasteiger partial charge is 0.321 e. The van der Waals surface area contributed by atoms with Crippen LogP contribution in [-0.4, -0.2) is 76.4 Å². The van der Waals surface area contributed by atoms with Crippen LogP contribution >= 0.6 is 0 Å². The van der Waals surface area contributed by atoms with Crippen LogP contribution in [-0.2, 0) is 11.2 Å². The maximum absolute atomic E-state index is 13.1. The molecule has 0 spiro atoms. The predicted octanol–water partition coefficient (Wildman–Crippen LogP) is 2.70. The molecule has 5 rings (SSSR count). The third kappa shape index (κ3) is 5.00. The summed E-state index contributed by atoms with van der Waals surface area (Å²) in [6.07, 6.45) is 1.68. The highest BCUT2D eigenvalue weighted by atomic mass is 16.5. The largest absolute Gasteiger partial charge is 0.497 e. The maximum atomic E-state index is 13.1. The number of nitrogens with one attached hydrogen (secondary N) is 2. The number of hydrogen-bond donors (Lipinski definition) is 2. The van der Waals surface area contributed by atoms with Gasteiger partial charge in [0.25, 0.3) is 5.91 Å². The Morgan fingerprint density at radius 1 is 1.11 bits per heavy atom. The topological polar surface area (TPSA) is 86.4 Å². The first-order valence-corrected chi connectivity index (χ1v) is 12.3. The second-order valence-corrected chi connectivity index (χ2v) is 9.34. The molecular formula is C26H33N5O4. The van der Waals surface area contributed by atoms with E-state index in [0.717, 1.165) is 67.5 Å². The van der Waals surface area contributed by atoms with Crippen molar-refractivity contribution >= 4 is 29.0 Å². The van der Waals surface area contributed by atoms with Crippen molar-refractivity contribution < 1.29 is 19.1 Å². The molecule has 35 heavy (non-hydrogen) atoms. The van der Waals surface area contributed by atoms with Crippen molar-refractivity contribution in [3.8, 4) is 11.5 Å². The number of amides is 3. The van der Waals surface area contributed by atoms with Crippen molar-refractivity contribution in [3.63, 3.8) is 0 Å². The lowest BCUT2D eigenvalue weighted by atomic mass is 9.99. The van der Waals surface area contributed by atoms with E-state index in [4.69, 9.17) is 9.47 Å². The zero-order chi connectivity index (χ0) is 24.4. The van der Waals surface area contributed by atoms with Gasteiger partial charge in [0.2, 0.25) is 0 Å². The van der Waals surface area contributed by atoms with E-state index in [-0.39, 0.29) is 11.9 Å². The number of urea groups is 1. The zero-order valence-electron chi connectivity index (χ0n) is 20.4. The Hall–Kier alpha value is -3.46. The summed E-state index contributed by atoms with van der Waals surface area (Å²) in [5.41, 5.74) is 3.56. The van der Waals surface area contributed by atoms with Gasteiger partial charge in [0.15, 0.2) is 6.10 Å². The lowest BCUT2D eigenvalue weighted by Crippen LogP contribution is -2.46. The zero-order valence-corrected chi connectivity index (χ0v) is 20.4. The summed E-state index contributed by atoms with van der Waals surface area (Å²) in [6.45, 7) is 5.15. The molecule has 9 heteroatoms. The van der Waals surface area contributed by atoms with Crippen LogP contribution in [0.4, 0.5) is 21.9 Å². The van der Waals surface area contributed by atoms with Gasteiger partial charge in [-0.15, -0.1) is 0 Å². The van der Waals surface area contributed by atoms with Gasteiger partial charge in [0, 0.05) is 62.3 Å². The number of carbonyl (C=O) groups is 2. The van der Waals surface area contributed by atoms with Gasteiger partial charge >= 0.3 is 6.03 Å². The number of hydrogen-bond acceptors (Lipinski definition) is 6. The van der Waals surface area contributed by atoms with E-state index in [1.807, 2.05) is 36.4 Å². The third-order valence-electron chi connectivity index (χ3n) is 6.95. The van der Waals surface area contributed by atoms with Crippen LogP contribution in [0.25, 0.3) is 0 Å². The molecule has 2 saturated heterocycles. The van der Waals surface area contributed by atoms with Crippen molar-refractivity contribution in [3.05, 3.63) is 42.0 Å². The molecule has 0 radical (unpaired) electrons. The van der Waals surface area contributed by atoms with Gasteiger partial charge in [0.05, 0.1) is 12.8 Å². The number of likely N-dealkylation sites (N-methyl/N-ethyl adjacent to an activating group) is 1. The number of methoxy groups -OCH3 is 1. The average Bonchev–Trinajstić information content (AvgIpc) is 2.89. The Labute approximate surface area is 206 Å². The third-order valence-corrected chi connectivity index (χ3v) is 6.95. The Morgan fingerprint density at radius 3 is 2.60 bits per heavy atom. The van der Waals surface area contributed by atoms with Crippen molar-refractivity contribution in [1.29, 1.82) is 0 Å². The number of carbonyl (C=O) groups excluding carboxylic acids is 2. The highest BCUT2D eigenvalue weighted by Gasteiger charge is 2.31. The summed E-state index contributed by atoms with van der Waals surface area (Å²) >= 11 is 0. The van der Waals surface area contributed by atoms with Crippen molar-refractivity contribution in [1.82, 2.24) is 10.2 Å². The van der Waals surface area contributed by atoms with E-state index >= 15 is 0 Å².